The molecule has 2 aromatic carbocycles. The number of amides is 1. The fraction of sp³-hybridized carbons (Fsp3) is 0.333. The van der Waals surface area contributed by atoms with E-state index in [2.05, 4.69) is 27.5 Å². The molecule has 0 aliphatic carbocycles. The van der Waals surface area contributed by atoms with Gasteiger partial charge in [-0.05, 0) is 86.9 Å². The highest BCUT2D eigenvalue weighted by molar-refractivity contribution is 14.1. The number of benzene rings is 2. The molecule has 1 amide bonds. The number of aromatic nitrogens is 1. The highest BCUT2D eigenvalue weighted by atomic mass is 127. The average molecular weight is 509 g/mol. The van der Waals surface area contributed by atoms with Crippen LogP contribution in [0.5, 0.6) is 5.75 Å². The minimum Gasteiger partial charge on any atom is -0.494 e. The number of halogens is 1. The summed E-state index contributed by atoms with van der Waals surface area (Å²) < 4.78 is 7.57. The minimum atomic E-state index is -0.00663. The first-order valence-corrected chi connectivity index (χ1v) is 11.1. The monoisotopic (exact) mass is 509 g/mol. The molecule has 0 bridgehead atoms. The van der Waals surface area contributed by atoms with Crippen molar-refractivity contribution < 1.29 is 9.53 Å². The molecule has 0 N–H and O–H groups in total. The van der Waals surface area contributed by atoms with Crippen LogP contribution in [0.15, 0.2) is 42.5 Å². The van der Waals surface area contributed by atoms with Crippen LogP contribution < -0.4 is 9.64 Å². The molecule has 3 rings (SSSR count). The van der Waals surface area contributed by atoms with Crippen molar-refractivity contribution in [2.45, 2.75) is 13.3 Å². The minimum absolute atomic E-state index is 0.00663. The second kappa shape index (κ2) is 9.67. The normalized spacial score (nSPS) is 11.2. The van der Waals surface area contributed by atoms with Crippen LogP contribution in [0.3, 0.4) is 0 Å². The second-order valence-corrected chi connectivity index (χ2v) is 8.82. The number of rotatable bonds is 8. The van der Waals surface area contributed by atoms with Crippen LogP contribution in [-0.4, -0.2) is 49.6 Å². The molecule has 0 atom stereocenters. The zero-order valence-electron chi connectivity index (χ0n) is 16.3. The zero-order valence-corrected chi connectivity index (χ0v) is 19.3. The van der Waals surface area contributed by atoms with Crippen molar-refractivity contribution in [3.63, 3.8) is 0 Å². The topological polar surface area (TPSA) is 45.7 Å². The maximum atomic E-state index is 13.3. The Morgan fingerprint density at radius 3 is 2.68 bits per heavy atom. The van der Waals surface area contributed by atoms with Gasteiger partial charge >= 0.3 is 0 Å². The molecule has 0 fully saturated rings. The lowest BCUT2D eigenvalue weighted by Gasteiger charge is -2.21. The third-order valence-corrected chi connectivity index (χ3v) is 6.21. The van der Waals surface area contributed by atoms with Crippen molar-refractivity contribution >= 4 is 55.2 Å². The molecule has 1 aromatic heterocycles. The van der Waals surface area contributed by atoms with E-state index in [1.807, 2.05) is 68.4 Å². The number of anilines is 1. The maximum absolute atomic E-state index is 13.3. The summed E-state index contributed by atoms with van der Waals surface area (Å²) >= 11 is 3.75. The summed E-state index contributed by atoms with van der Waals surface area (Å²) in [6, 6.07) is 13.6. The highest BCUT2D eigenvalue weighted by Crippen LogP contribution is 2.32. The van der Waals surface area contributed by atoms with Gasteiger partial charge in [0.15, 0.2) is 5.13 Å². The van der Waals surface area contributed by atoms with E-state index in [1.165, 1.54) is 11.3 Å². The van der Waals surface area contributed by atoms with Crippen molar-refractivity contribution in [2.75, 3.05) is 38.7 Å². The molecule has 0 radical (unpaired) electrons. The summed E-state index contributed by atoms with van der Waals surface area (Å²) in [7, 11) is 4.08. The van der Waals surface area contributed by atoms with Crippen LogP contribution in [0.4, 0.5) is 5.13 Å². The van der Waals surface area contributed by atoms with Gasteiger partial charge < -0.3 is 9.64 Å². The molecular weight excluding hydrogens is 485 g/mol. The van der Waals surface area contributed by atoms with Crippen LogP contribution >= 0.6 is 33.9 Å². The molecule has 7 heteroatoms. The molecule has 5 nitrogen and oxygen atoms in total. The van der Waals surface area contributed by atoms with Gasteiger partial charge in [0.1, 0.15) is 5.75 Å². The average Bonchev–Trinajstić information content (AvgIpc) is 3.08. The Kier molecular flexibility index (Phi) is 7.25. The molecule has 0 saturated carbocycles. The van der Waals surface area contributed by atoms with Gasteiger partial charge in [-0.15, -0.1) is 0 Å². The van der Waals surface area contributed by atoms with E-state index in [1.54, 1.807) is 0 Å². The number of thiazole rings is 1. The Morgan fingerprint density at radius 2 is 1.96 bits per heavy atom. The molecule has 0 aliphatic heterocycles. The molecule has 0 unspecified atom stereocenters. The smallest absolute Gasteiger partial charge is 0.261 e. The van der Waals surface area contributed by atoms with E-state index in [-0.39, 0.29) is 5.91 Å². The van der Waals surface area contributed by atoms with E-state index >= 15 is 0 Å². The molecular formula is C21H24IN3O2S. The van der Waals surface area contributed by atoms with E-state index in [0.29, 0.717) is 18.7 Å². The number of ether oxygens (including phenoxy) is 1. The quantitative estimate of drug-likeness (QED) is 0.406. The van der Waals surface area contributed by atoms with Crippen LogP contribution in [-0.2, 0) is 0 Å². The molecule has 0 aliphatic rings. The molecule has 3 aromatic rings. The third-order valence-electron chi connectivity index (χ3n) is 4.23. The largest absolute Gasteiger partial charge is 0.494 e. The Labute approximate surface area is 183 Å². The number of nitrogens with zero attached hydrogens (tertiary/aromatic N) is 3. The predicted molar refractivity (Wildman–Crippen MR) is 125 cm³/mol. The van der Waals surface area contributed by atoms with Crippen molar-refractivity contribution in [1.29, 1.82) is 0 Å². The van der Waals surface area contributed by atoms with Gasteiger partial charge in [-0.2, -0.15) is 0 Å². The van der Waals surface area contributed by atoms with Crippen molar-refractivity contribution in [3.05, 3.63) is 51.6 Å². The molecule has 0 saturated heterocycles. The zero-order chi connectivity index (χ0) is 20.1. The van der Waals surface area contributed by atoms with Crippen molar-refractivity contribution in [1.82, 2.24) is 9.88 Å². The fourth-order valence-electron chi connectivity index (χ4n) is 2.87. The summed E-state index contributed by atoms with van der Waals surface area (Å²) in [5, 5.41) is 0.729. The number of carbonyl (C=O) groups excluding carboxylic acids is 1. The van der Waals surface area contributed by atoms with Crippen LogP contribution in [0, 0.1) is 3.57 Å². The van der Waals surface area contributed by atoms with Crippen LogP contribution in [0.1, 0.15) is 23.7 Å². The van der Waals surface area contributed by atoms with E-state index < -0.39 is 0 Å². The Morgan fingerprint density at radius 1 is 1.18 bits per heavy atom. The van der Waals surface area contributed by atoms with Gasteiger partial charge in [0, 0.05) is 10.1 Å². The van der Waals surface area contributed by atoms with Crippen LogP contribution in [0.25, 0.3) is 10.2 Å². The SMILES string of the molecule is CCOc1ccc2nc(N(CCCN(C)C)C(=O)c3ccccc3I)sc2c1. The summed E-state index contributed by atoms with van der Waals surface area (Å²) in [5.74, 6) is 0.820. The summed E-state index contributed by atoms with van der Waals surface area (Å²) in [6.45, 7) is 4.13. The van der Waals surface area contributed by atoms with Gasteiger partial charge in [-0.25, -0.2) is 4.98 Å². The molecule has 28 heavy (non-hydrogen) atoms. The van der Waals surface area contributed by atoms with Gasteiger partial charge in [0.25, 0.3) is 5.91 Å². The van der Waals surface area contributed by atoms with Gasteiger partial charge in [0.05, 0.1) is 22.4 Å². The summed E-state index contributed by atoms with van der Waals surface area (Å²) in [6.07, 6.45) is 0.877. The van der Waals surface area contributed by atoms with Gasteiger partial charge in [-0.3, -0.25) is 9.69 Å². The molecule has 1 heterocycles. The number of carbonyl (C=O) groups is 1. The lowest BCUT2D eigenvalue weighted by molar-refractivity contribution is 0.0985. The summed E-state index contributed by atoms with van der Waals surface area (Å²) in [5.41, 5.74) is 1.60. The lowest BCUT2D eigenvalue weighted by Crippen LogP contribution is -2.33. The second-order valence-electron chi connectivity index (χ2n) is 6.65. The first kappa shape index (κ1) is 21.0. The number of hydrogen-bond acceptors (Lipinski definition) is 5. The Hall–Kier alpha value is -1.71. The number of fused-ring (bicyclic) bond motifs is 1. The first-order chi connectivity index (χ1) is 13.5. The van der Waals surface area contributed by atoms with E-state index in [4.69, 9.17) is 9.72 Å². The Balaban J connectivity index is 1.94. The van der Waals surface area contributed by atoms with Crippen molar-refractivity contribution in [2.24, 2.45) is 0 Å². The Bertz CT molecular complexity index is 958. The third kappa shape index (κ3) is 5.01. The highest BCUT2D eigenvalue weighted by Gasteiger charge is 2.22. The molecule has 0 spiro atoms. The van der Waals surface area contributed by atoms with Gasteiger partial charge in [0.2, 0.25) is 0 Å². The lowest BCUT2D eigenvalue weighted by atomic mass is 10.2. The number of hydrogen-bond donors (Lipinski definition) is 0. The maximum Gasteiger partial charge on any atom is 0.261 e. The van der Waals surface area contributed by atoms with Crippen LogP contribution in [0.2, 0.25) is 0 Å². The first-order valence-electron chi connectivity index (χ1n) is 9.24. The predicted octanol–water partition coefficient (Wildman–Crippen LogP) is 4.90. The molecule has 148 valence electrons. The van der Waals surface area contributed by atoms with E-state index in [0.717, 1.165) is 37.6 Å². The van der Waals surface area contributed by atoms with Crippen molar-refractivity contribution in [3.8, 4) is 5.75 Å². The van der Waals surface area contributed by atoms with E-state index in [9.17, 15) is 4.79 Å². The van der Waals surface area contributed by atoms with Gasteiger partial charge in [-0.1, -0.05) is 23.5 Å². The summed E-state index contributed by atoms with van der Waals surface area (Å²) in [4.78, 5) is 22.0. The standard InChI is InChI=1S/C21H24IN3O2S/c1-4-27-15-10-11-18-19(14-15)28-21(23-18)25(13-7-12-24(2)3)20(26)16-8-5-6-9-17(16)22/h5-6,8-11,14H,4,7,12-13H2,1-3H3. The fourth-order valence-corrected chi connectivity index (χ4v) is 4.51.